The number of Topliss-reactive ketones (excluding diaryl/α,β-unsaturated/α-hetero) is 1. The molecule has 11 heteroatoms. The SMILES string of the molecule is COC(=O)c1c(C)[nH]c(C(=O)CSc2nnc(-c3ccco3)n2CCC(N)=O)c1C. The number of rotatable bonds is 9. The van der Waals surface area contributed by atoms with Crippen molar-refractivity contribution in [3.63, 3.8) is 0 Å². The summed E-state index contributed by atoms with van der Waals surface area (Å²) in [6.07, 6.45) is 1.60. The number of nitrogens with zero attached hydrogens (tertiary/aromatic N) is 3. The van der Waals surface area contributed by atoms with Crippen LogP contribution in [0.15, 0.2) is 28.0 Å². The Hall–Kier alpha value is -3.34. The summed E-state index contributed by atoms with van der Waals surface area (Å²) < 4.78 is 11.8. The number of esters is 1. The minimum Gasteiger partial charge on any atom is -0.465 e. The molecular formula is C19H21N5O5S. The average Bonchev–Trinajstić information content (AvgIpc) is 3.43. The van der Waals surface area contributed by atoms with E-state index < -0.39 is 11.9 Å². The van der Waals surface area contributed by atoms with Crippen LogP contribution in [0.3, 0.4) is 0 Å². The van der Waals surface area contributed by atoms with Crippen molar-refractivity contribution in [1.29, 1.82) is 0 Å². The zero-order valence-electron chi connectivity index (χ0n) is 16.7. The molecule has 0 saturated carbocycles. The molecule has 0 fully saturated rings. The summed E-state index contributed by atoms with van der Waals surface area (Å²) in [6, 6.07) is 3.44. The van der Waals surface area contributed by atoms with Gasteiger partial charge in [-0.3, -0.25) is 14.2 Å². The fourth-order valence-corrected chi connectivity index (χ4v) is 3.88. The summed E-state index contributed by atoms with van der Waals surface area (Å²) in [5, 5.41) is 8.70. The van der Waals surface area contributed by atoms with Crippen LogP contribution < -0.4 is 5.73 Å². The Labute approximate surface area is 176 Å². The van der Waals surface area contributed by atoms with Gasteiger partial charge in [0.2, 0.25) is 5.91 Å². The Morgan fingerprint density at radius 1 is 1.30 bits per heavy atom. The lowest BCUT2D eigenvalue weighted by Crippen LogP contribution is -2.15. The third kappa shape index (κ3) is 4.30. The van der Waals surface area contributed by atoms with E-state index in [1.165, 1.54) is 25.1 Å². The van der Waals surface area contributed by atoms with Gasteiger partial charge in [0.1, 0.15) is 0 Å². The topological polar surface area (TPSA) is 146 Å². The highest BCUT2D eigenvalue weighted by Crippen LogP contribution is 2.26. The minimum absolute atomic E-state index is 0.0499. The molecule has 3 aromatic heterocycles. The van der Waals surface area contributed by atoms with E-state index in [-0.39, 0.29) is 24.5 Å². The van der Waals surface area contributed by atoms with Gasteiger partial charge >= 0.3 is 5.97 Å². The van der Waals surface area contributed by atoms with Gasteiger partial charge in [0.15, 0.2) is 22.5 Å². The third-order valence-electron chi connectivity index (χ3n) is 4.48. The zero-order chi connectivity index (χ0) is 21.8. The van der Waals surface area contributed by atoms with Crippen LogP contribution in [-0.4, -0.2) is 50.3 Å². The number of ketones is 1. The zero-order valence-corrected chi connectivity index (χ0v) is 17.5. The lowest BCUT2D eigenvalue weighted by atomic mass is 10.1. The first-order valence-corrected chi connectivity index (χ1v) is 10.0. The molecule has 3 heterocycles. The van der Waals surface area contributed by atoms with Gasteiger partial charge in [-0.25, -0.2) is 4.79 Å². The van der Waals surface area contributed by atoms with E-state index in [0.717, 1.165) is 0 Å². The van der Waals surface area contributed by atoms with Crippen molar-refractivity contribution < 1.29 is 23.5 Å². The number of nitrogens with one attached hydrogen (secondary N) is 1. The molecule has 3 N–H and O–H groups in total. The molecule has 0 aromatic carbocycles. The Morgan fingerprint density at radius 2 is 2.07 bits per heavy atom. The fourth-order valence-electron chi connectivity index (χ4n) is 3.05. The number of carbonyl (C=O) groups is 3. The summed E-state index contributed by atoms with van der Waals surface area (Å²) in [4.78, 5) is 38.9. The fraction of sp³-hybridized carbons (Fsp3) is 0.316. The number of aromatic amines is 1. The Balaban J connectivity index is 1.81. The average molecular weight is 431 g/mol. The quantitative estimate of drug-likeness (QED) is 0.297. The number of methoxy groups -OCH3 is 1. The van der Waals surface area contributed by atoms with E-state index in [0.29, 0.717) is 39.3 Å². The first-order chi connectivity index (χ1) is 14.3. The van der Waals surface area contributed by atoms with Crippen LogP contribution in [0.1, 0.15) is 38.5 Å². The lowest BCUT2D eigenvalue weighted by Gasteiger charge is -2.07. The van der Waals surface area contributed by atoms with Crippen LogP contribution in [0.25, 0.3) is 11.6 Å². The van der Waals surface area contributed by atoms with Crippen LogP contribution in [-0.2, 0) is 16.1 Å². The molecule has 10 nitrogen and oxygen atoms in total. The number of furan rings is 1. The highest BCUT2D eigenvalue weighted by atomic mass is 32.2. The van der Waals surface area contributed by atoms with E-state index >= 15 is 0 Å². The molecule has 0 aliphatic rings. The van der Waals surface area contributed by atoms with Gasteiger partial charge < -0.3 is 19.9 Å². The van der Waals surface area contributed by atoms with Crippen LogP contribution in [0.2, 0.25) is 0 Å². The van der Waals surface area contributed by atoms with Gasteiger partial charge in [-0.15, -0.1) is 10.2 Å². The summed E-state index contributed by atoms with van der Waals surface area (Å²) >= 11 is 1.17. The maximum atomic E-state index is 12.8. The number of ether oxygens (including phenoxy) is 1. The van der Waals surface area contributed by atoms with E-state index in [1.54, 1.807) is 30.5 Å². The van der Waals surface area contributed by atoms with Crippen molar-refractivity contribution in [1.82, 2.24) is 19.7 Å². The lowest BCUT2D eigenvalue weighted by molar-refractivity contribution is -0.118. The molecule has 0 spiro atoms. The first kappa shape index (κ1) is 21.4. The number of hydrogen-bond donors (Lipinski definition) is 2. The number of hydrogen-bond acceptors (Lipinski definition) is 8. The van der Waals surface area contributed by atoms with Crippen molar-refractivity contribution >= 4 is 29.4 Å². The van der Waals surface area contributed by atoms with Crippen LogP contribution in [0.5, 0.6) is 0 Å². The number of carbonyl (C=O) groups excluding carboxylic acids is 3. The van der Waals surface area contributed by atoms with Crippen LogP contribution in [0.4, 0.5) is 0 Å². The summed E-state index contributed by atoms with van der Waals surface area (Å²) in [6.45, 7) is 3.65. The van der Waals surface area contributed by atoms with E-state index in [9.17, 15) is 14.4 Å². The number of thioether (sulfide) groups is 1. The second kappa shape index (κ2) is 8.99. The van der Waals surface area contributed by atoms with Crippen molar-refractivity contribution in [3.05, 3.63) is 40.9 Å². The van der Waals surface area contributed by atoms with E-state index in [2.05, 4.69) is 15.2 Å². The molecule has 0 atom stereocenters. The number of H-pyrrole nitrogens is 1. The molecule has 0 saturated heterocycles. The Bertz CT molecular complexity index is 1080. The molecule has 158 valence electrons. The van der Waals surface area contributed by atoms with E-state index in [1.807, 2.05) is 0 Å². The number of primary amides is 1. The second-order valence-corrected chi connectivity index (χ2v) is 7.42. The van der Waals surface area contributed by atoms with Gasteiger partial charge in [-0.2, -0.15) is 0 Å². The molecule has 3 rings (SSSR count). The summed E-state index contributed by atoms with van der Waals surface area (Å²) in [5.74, 6) is -0.190. The maximum Gasteiger partial charge on any atom is 0.339 e. The number of amides is 1. The summed E-state index contributed by atoms with van der Waals surface area (Å²) in [5.41, 5.74) is 7.08. The highest BCUT2D eigenvalue weighted by molar-refractivity contribution is 7.99. The molecule has 1 amide bonds. The molecular weight excluding hydrogens is 410 g/mol. The predicted molar refractivity (Wildman–Crippen MR) is 108 cm³/mol. The largest absolute Gasteiger partial charge is 0.465 e. The molecule has 0 aliphatic carbocycles. The molecule has 0 unspecified atom stereocenters. The maximum absolute atomic E-state index is 12.8. The Kier molecular flexibility index (Phi) is 6.40. The van der Waals surface area contributed by atoms with Gasteiger partial charge in [-0.05, 0) is 31.5 Å². The molecule has 0 bridgehead atoms. The van der Waals surface area contributed by atoms with Crippen molar-refractivity contribution in [3.8, 4) is 11.6 Å². The highest BCUT2D eigenvalue weighted by Gasteiger charge is 2.24. The minimum atomic E-state index is -0.498. The van der Waals surface area contributed by atoms with Crippen LogP contribution >= 0.6 is 11.8 Å². The van der Waals surface area contributed by atoms with Gasteiger partial charge in [0.05, 0.1) is 30.4 Å². The molecule has 0 radical (unpaired) electrons. The second-order valence-electron chi connectivity index (χ2n) is 6.48. The number of aryl methyl sites for hydroxylation is 1. The smallest absolute Gasteiger partial charge is 0.339 e. The van der Waals surface area contributed by atoms with Crippen molar-refractivity contribution in [2.24, 2.45) is 5.73 Å². The normalized spacial score (nSPS) is 10.9. The predicted octanol–water partition coefficient (Wildman–Crippen LogP) is 2.12. The monoisotopic (exact) mass is 431 g/mol. The molecule has 30 heavy (non-hydrogen) atoms. The van der Waals surface area contributed by atoms with Crippen molar-refractivity contribution in [2.45, 2.75) is 32.0 Å². The number of nitrogens with two attached hydrogens (primary N) is 1. The van der Waals surface area contributed by atoms with Gasteiger partial charge in [0.25, 0.3) is 0 Å². The first-order valence-electron chi connectivity index (χ1n) is 9.02. The number of aromatic nitrogens is 4. The Morgan fingerprint density at radius 3 is 2.70 bits per heavy atom. The summed E-state index contributed by atoms with van der Waals surface area (Å²) in [7, 11) is 1.29. The van der Waals surface area contributed by atoms with Crippen molar-refractivity contribution in [2.75, 3.05) is 12.9 Å². The van der Waals surface area contributed by atoms with Gasteiger partial charge in [0, 0.05) is 18.7 Å². The third-order valence-corrected chi connectivity index (χ3v) is 5.45. The van der Waals surface area contributed by atoms with Crippen LogP contribution in [0, 0.1) is 13.8 Å². The molecule has 3 aromatic rings. The molecule has 0 aliphatic heterocycles. The van der Waals surface area contributed by atoms with Gasteiger partial charge in [-0.1, -0.05) is 11.8 Å². The standard InChI is InChI=1S/C19H21N5O5S/c1-10-15(18(27)28-3)11(2)21-16(10)12(25)9-30-19-23-22-17(13-5-4-8-29-13)24(19)7-6-14(20)26/h4-5,8,21H,6-7,9H2,1-3H3,(H2,20,26). The van der Waals surface area contributed by atoms with E-state index in [4.69, 9.17) is 14.9 Å².